The second kappa shape index (κ2) is 5.17. The molecule has 0 bridgehead atoms. The van der Waals surface area contributed by atoms with Crippen LogP contribution in [0.3, 0.4) is 0 Å². The molecule has 3 rings (SSSR count). The maximum atomic E-state index is 6.28. The summed E-state index contributed by atoms with van der Waals surface area (Å²) in [6.45, 7) is 0. The maximum Gasteiger partial charge on any atom is 0.0306 e. The van der Waals surface area contributed by atoms with Crippen LogP contribution in [0.15, 0.2) is 48.5 Å². The van der Waals surface area contributed by atoms with Crippen molar-refractivity contribution in [2.24, 2.45) is 5.73 Å². The first-order chi connectivity index (χ1) is 8.84. The van der Waals surface area contributed by atoms with Gasteiger partial charge in [0.05, 0.1) is 0 Å². The predicted octanol–water partition coefficient (Wildman–Crippen LogP) is 3.99. The quantitative estimate of drug-likeness (QED) is 0.833. The summed E-state index contributed by atoms with van der Waals surface area (Å²) in [6, 6.07) is 17.4. The number of fused-ring (bicyclic) bond motifs is 1. The fraction of sp³-hybridized carbons (Fsp3) is 0.250. The Bertz CT molecular complexity index is 536. The molecule has 0 saturated heterocycles. The van der Waals surface area contributed by atoms with Crippen LogP contribution in [0.1, 0.15) is 23.6 Å². The average molecular weight is 255 g/mol. The Morgan fingerprint density at radius 1 is 1.00 bits per heavy atom. The third-order valence-corrected chi connectivity index (χ3v) is 4.52. The highest BCUT2D eigenvalue weighted by Crippen LogP contribution is 2.32. The van der Waals surface area contributed by atoms with Gasteiger partial charge in [-0.1, -0.05) is 42.5 Å². The second-order valence-corrected chi connectivity index (χ2v) is 5.83. The summed E-state index contributed by atoms with van der Waals surface area (Å²) in [7, 11) is 0. The van der Waals surface area contributed by atoms with Crippen LogP contribution in [0.25, 0.3) is 11.1 Å². The molecule has 0 aliphatic carbocycles. The lowest BCUT2D eigenvalue weighted by atomic mass is 9.95. The molecule has 1 atom stereocenters. The minimum absolute atomic E-state index is 0.193. The third kappa shape index (κ3) is 2.31. The molecule has 0 amide bonds. The minimum atomic E-state index is 0.193. The van der Waals surface area contributed by atoms with Crippen molar-refractivity contribution in [2.75, 3.05) is 5.75 Å². The molecular weight excluding hydrogens is 238 g/mol. The normalized spacial score (nSPS) is 19.1. The lowest BCUT2D eigenvalue weighted by Crippen LogP contribution is -2.11. The van der Waals surface area contributed by atoms with Gasteiger partial charge in [0.2, 0.25) is 0 Å². The molecule has 0 saturated carbocycles. The summed E-state index contributed by atoms with van der Waals surface area (Å²) in [5.41, 5.74) is 11.6. The Morgan fingerprint density at radius 2 is 1.83 bits per heavy atom. The van der Waals surface area contributed by atoms with Crippen LogP contribution in [0, 0.1) is 0 Å². The van der Waals surface area contributed by atoms with Crippen LogP contribution in [0.5, 0.6) is 0 Å². The van der Waals surface area contributed by atoms with E-state index < -0.39 is 0 Å². The van der Waals surface area contributed by atoms with Gasteiger partial charge in [0.15, 0.2) is 0 Å². The van der Waals surface area contributed by atoms with Crippen molar-refractivity contribution >= 4 is 11.8 Å². The molecule has 0 radical (unpaired) electrons. The molecule has 18 heavy (non-hydrogen) atoms. The van der Waals surface area contributed by atoms with Gasteiger partial charge < -0.3 is 5.73 Å². The van der Waals surface area contributed by atoms with E-state index >= 15 is 0 Å². The van der Waals surface area contributed by atoms with E-state index in [0.717, 1.165) is 17.9 Å². The summed E-state index contributed by atoms with van der Waals surface area (Å²) >= 11 is 1.98. The largest absolute Gasteiger partial charge is 0.324 e. The molecule has 0 spiro atoms. The molecule has 0 fully saturated rings. The van der Waals surface area contributed by atoms with E-state index in [1.165, 1.54) is 22.3 Å². The van der Waals surface area contributed by atoms with Gasteiger partial charge in [-0.3, -0.25) is 0 Å². The Morgan fingerprint density at radius 3 is 2.67 bits per heavy atom. The van der Waals surface area contributed by atoms with Crippen molar-refractivity contribution in [3.8, 4) is 11.1 Å². The van der Waals surface area contributed by atoms with Crippen LogP contribution in [0.2, 0.25) is 0 Å². The number of hydrogen-bond donors (Lipinski definition) is 1. The standard InChI is InChI=1S/C16H17NS/c17-16-8-9-18-11-14-7-6-13(10-15(14)16)12-4-2-1-3-5-12/h1-7,10,16H,8-9,11,17H2. The Kier molecular flexibility index (Phi) is 3.39. The summed E-state index contributed by atoms with van der Waals surface area (Å²) < 4.78 is 0. The van der Waals surface area contributed by atoms with Gasteiger partial charge in [0.25, 0.3) is 0 Å². The predicted molar refractivity (Wildman–Crippen MR) is 79.6 cm³/mol. The number of thioether (sulfide) groups is 1. The van der Waals surface area contributed by atoms with Gasteiger partial charge in [-0.25, -0.2) is 0 Å². The van der Waals surface area contributed by atoms with Crippen LogP contribution in [0.4, 0.5) is 0 Å². The molecule has 0 aromatic heterocycles. The van der Waals surface area contributed by atoms with Gasteiger partial charge in [0.1, 0.15) is 0 Å². The monoisotopic (exact) mass is 255 g/mol. The zero-order valence-electron chi connectivity index (χ0n) is 10.3. The molecule has 2 aromatic carbocycles. The SMILES string of the molecule is NC1CCSCc2ccc(-c3ccccc3)cc21. The lowest BCUT2D eigenvalue weighted by molar-refractivity contribution is 0.706. The van der Waals surface area contributed by atoms with Crippen LogP contribution in [-0.2, 0) is 5.75 Å². The topological polar surface area (TPSA) is 26.0 Å². The first kappa shape index (κ1) is 11.8. The van der Waals surface area contributed by atoms with Gasteiger partial charge in [-0.15, -0.1) is 0 Å². The Balaban J connectivity index is 2.04. The van der Waals surface area contributed by atoms with Crippen molar-refractivity contribution in [3.05, 3.63) is 59.7 Å². The molecule has 1 aliphatic rings. The number of benzene rings is 2. The molecule has 92 valence electrons. The van der Waals surface area contributed by atoms with Crippen LogP contribution >= 0.6 is 11.8 Å². The van der Waals surface area contributed by atoms with Gasteiger partial charge in [-0.2, -0.15) is 11.8 Å². The number of rotatable bonds is 1. The second-order valence-electron chi connectivity index (χ2n) is 4.73. The first-order valence-electron chi connectivity index (χ1n) is 6.36. The van der Waals surface area contributed by atoms with Crippen molar-refractivity contribution in [1.29, 1.82) is 0 Å². The average Bonchev–Trinajstić information content (AvgIpc) is 2.62. The highest BCUT2D eigenvalue weighted by Gasteiger charge is 2.15. The minimum Gasteiger partial charge on any atom is -0.324 e. The zero-order valence-corrected chi connectivity index (χ0v) is 11.1. The third-order valence-electron chi connectivity index (χ3n) is 3.48. The van der Waals surface area contributed by atoms with E-state index in [2.05, 4.69) is 48.5 Å². The van der Waals surface area contributed by atoms with Crippen molar-refractivity contribution in [1.82, 2.24) is 0 Å². The molecule has 1 unspecified atom stereocenters. The molecular formula is C16H17NS. The zero-order chi connectivity index (χ0) is 12.4. The maximum absolute atomic E-state index is 6.28. The fourth-order valence-electron chi connectivity index (χ4n) is 2.43. The van der Waals surface area contributed by atoms with Crippen molar-refractivity contribution in [2.45, 2.75) is 18.2 Å². The fourth-order valence-corrected chi connectivity index (χ4v) is 3.48. The molecule has 2 aromatic rings. The Labute approximate surface area is 112 Å². The van der Waals surface area contributed by atoms with Crippen molar-refractivity contribution < 1.29 is 0 Å². The van der Waals surface area contributed by atoms with E-state index in [1.807, 2.05) is 11.8 Å². The van der Waals surface area contributed by atoms with Crippen molar-refractivity contribution in [3.63, 3.8) is 0 Å². The van der Waals surface area contributed by atoms with E-state index in [1.54, 1.807) is 0 Å². The smallest absolute Gasteiger partial charge is 0.0306 e. The van der Waals surface area contributed by atoms with E-state index in [9.17, 15) is 0 Å². The summed E-state index contributed by atoms with van der Waals surface area (Å²) in [6.07, 6.45) is 1.08. The molecule has 2 heteroatoms. The molecule has 2 N–H and O–H groups in total. The lowest BCUT2D eigenvalue weighted by Gasteiger charge is -2.14. The van der Waals surface area contributed by atoms with E-state index in [4.69, 9.17) is 5.73 Å². The summed E-state index contributed by atoms with van der Waals surface area (Å²) in [4.78, 5) is 0. The Hall–Kier alpha value is -1.25. The molecule has 1 aliphatic heterocycles. The van der Waals surface area contributed by atoms with Crippen LogP contribution in [-0.4, -0.2) is 5.75 Å². The van der Waals surface area contributed by atoms with E-state index in [0.29, 0.717) is 0 Å². The van der Waals surface area contributed by atoms with Gasteiger partial charge in [-0.05, 0) is 40.5 Å². The number of hydrogen-bond acceptors (Lipinski definition) is 2. The van der Waals surface area contributed by atoms with Crippen LogP contribution < -0.4 is 5.73 Å². The van der Waals surface area contributed by atoms with Gasteiger partial charge in [0, 0.05) is 11.8 Å². The van der Waals surface area contributed by atoms with Gasteiger partial charge >= 0.3 is 0 Å². The highest BCUT2D eigenvalue weighted by molar-refractivity contribution is 7.98. The summed E-state index contributed by atoms with van der Waals surface area (Å²) in [5, 5.41) is 0. The first-order valence-corrected chi connectivity index (χ1v) is 7.51. The highest BCUT2D eigenvalue weighted by atomic mass is 32.2. The summed E-state index contributed by atoms with van der Waals surface area (Å²) in [5.74, 6) is 2.26. The molecule has 1 heterocycles. The van der Waals surface area contributed by atoms with E-state index in [-0.39, 0.29) is 6.04 Å². The number of nitrogens with two attached hydrogens (primary N) is 1. The molecule has 1 nitrogen and oxygen atoms in total.